The number of hydrogen-bond acceptors (Lipinski definition) is 11. The second-order valence-corrected chi connectivity index (χ2v) is 23.9. The van der Waals surface area contributed by atoms with Gasteiger partial charge in [-0.2, -0.15) is 19.9 Å². The van der Waals surface area contributed by atoms with E-state index in [1.54, 1.807) is 55.4 Å². The number of fused-ring (bicyclic) bond motifs is 6. The van der Waals surface area contributed by atoms with Crippen molar-refractivity contribution >= 4 is 57.5 Å². The summed E-state index contributed by atoms with van der Waals surface area (Å²) < 4.78 is 6.31. The molecule has 0 radical (unpaired) electrons. The van der Waals surface area contributed by atoms with Gasteiger partial charge in [-0.25, -0.2) is 19.8 Å². The third-order valence-electron chi connectivity index (χ3n) is 18.0. The summed E-state index contributed by atoms with van der Waals surface area (Å²) in [5.41, 5.74) is 6.84. The van der Waals surface area contributed by atoms with E-state index in [1.807, 2.05) is 133 Å². The maximum Gasteiger partial charge on any atom is 0.243 e. The zero-order chi connectivity index (χ0) is 56.0. The topological polar surface area (TPSA) is 165 Å². The van der Waals surface area contributed by atoms with Crippen molar-refractivity contribution in [2.75, 3.05) is 9.80 Å². The van der Waals surface area contributed by atoms with Crippen molar-refractivity contribution in [3.63, 3.8) is 0 Å². The molecule has 13 nitrogen and oxygen atoms in total. The molecule has 80 heavy (non-hydrogen) atoms. The average molecular weight is 1050 g/mol. The van der Waals surface area contributed by atoms with Crippen LogP contribution in [-0.2, 0) is 24.6 Å². The highest BCUT2D eigenvalue weighted by Crippen LogP contribution is 2.55. The summed E-state index contributed by atoms with van der Waals surface area (Å²) in [5, 5.41) is 1.90. The number of rotatable bonds is 8. The number of aromatic nitrogens is 6. The lowest BCUT2D eigenvalue weighted by molar-refractivity contribution is -0.129. The van der Waals surface area contributed by atoms with Crippen molar-refractivity contribution in [1.29, 1.82) is 0 Å². The third kappa shape index (κ3) is 7.21. The van der Waals surface area contributed by atoms with Crippen LogP contribution in [0.1, 0.15) is 80.4 Å². The fourth-order valence-corrected chi connectivity index (χ4v) is 11.6. The Kier molecular flexibility index (Phi) is 10.9. The molecule has 13 rings (SSSR count). The van der Waals surface area contributed by atoms with Gasteiger partial charge >= 0.3 is 0 Å². The lowest BCUT2D eigenvalue weighted by Gasteiger charge is -2.28. The Morgan fingerprint density at radius 2 is 0.800 bits per heavy atom. The zero-order valence-corrected chi connectivity index (χ0v) is 46.1. The first kappa shape index (κ1) is 50.2. The van der Waals surface area contributed by atoms with Gasteiger partial charge in [-0.1, -0.05) is 135 Å². The number of anilines is 2. The van der Waals surface area contributed by atoms with Crippen LogP contribution in [0.4, 0.5) is 11.9 Å². The molecule has 5 heterocycles. The van der Waals surface area contributed by atoms with Crippen LogP contribution in [0.15, 0.2) is 162 Å². The molecule has 4 amide bonds. The molecule has 0 unspecified atom stereocenters. The maximum atomic E-state index is 14.4. The first-order valence-electron chi connectivity index (χ1n) is 26.9. The molecule has 0 spiro atoms. The Bertz CT molecular complexity index is 4280. The number of amides is 4. The highest BCUT2D eigenvalue weighted by Gasteiger charge is 2.62. The minimum atomic E-state index is -1.06. The number of hydrogen-bond donors (Lipinski definition) is 0. The van der Waals surface area contributed by atoms with Crippen molar-refractivity contribution in [2.45, 2.75) is 74.7 Å². The van der Waals surface area contributed by atoms with Crippen LogP contribution in [0.2, 0.25) is 0 Å². The Morgan fingerprint density at radius 3 is 1.41 bits per heavy atom. The fraction of sp³-hybridized carbons (Fsp3) is 0.224. The van der Waals surface area contributed by atoms with Gasteiger partial charge in [0.25, 0.3) is 0 Å². The minimum absolute atomic E-state index is 0.0421. The molecule has 2 aliphatic heterocycles. The van der Waals surface area contributed by atoms with Crippen LogP contribution in [0.3, 0.4) is 0 Å². The first-order valence-corrected chi connectivity index (χ1v) is 26.9. The number of carbonyl (C=O) groups is 4. The van der Waals surface area contributed by atoms with E-state index in [9.17, 15) is 19.2 Å². The molecule has 0 saturated carbocycles. The molecule has 13 heteroatoms. The van der Waals surface area contributed by atoms with Crippen molar-refractivity contribution in [3.8, 4) is 78.9 Å². The lowest BCUT2D eigenvalue weighted by atomic mass is 9.70. The van der Waals surface area contributed by atoms with Gasteiger partial charge in [-0.3, -0.25) is 19.2 Å². The van der Waals surface area contributed by atoms with Crippen molar-refractivity contribution in [1.82, 2.24) is 29.9 Å². The van der Waals surface area contributed by atoms with Gasteiger partial charge < -0.3 is 4.42 Å². The maximum absolute atomic E-state index is 14.4. The molecule has 0 atom stereocenters. The second-order valence-electron chi connectivity index (χ2n) is 23.9. The predicted molar refractivity (Wildman–Crippen MR) is 311 cm³/mol. The van der Waals surface area contributed by atoms with E-state index in [1.165, 1.54) is 0 Å². The molecule has 0 bridgehead atoms. The van der Waals surface area contributed by atoms with Crippen LogP contribution in [0, 0.1) is 21.7 Å². The number of para-hydroxylation sites is 1. The molecule has 2 saturated heterocycles. The normalized spacial score (nSPS) is 17.4. The van der Waals surface area contributed by atoms with E-state index < -0.39 is 50.7 Å². The number of furan rings is 1. The van der Waals surface area contributed by atoms with E-state index in [0.717, 1.165) is 70.7 Å². The van der Waals surface area contributed by atoms with Gasteiger partial charge in [0, 0.05) is 38.4 Å². The molecule has 394 valence electrons. The largest absolute Gasteiger partial charge is 0.456 e. The van der Waals surface area contributed by atoms with Gasteiger partial charge in [-0.05, 0) is 136 Å². The van der Waals surface area contributed by atoms with Crippen LogP contribution in [0.5, 0.6) is 0 Å². The quantitative estimate of drug-likeness (QED) is 0.133. The predicted octanol–water partition coefficient (Wildman–Crippen LogP) is 14.1. The highest BCUT2D eigenvalue weighted by atomic mass is 16.3. The van der Waals surface area contributed by atoms with Crippen molar-refractivity contribution in [3.05, 3.63) is 169 Å². The third-order valence-corrected chi connectivity index (χ3v) is 18.0. The van der Waals surface area contributed by atoms with Gasteiger partial charge in [0.05, 0.1) is 21.7 Å². The molecule has 3 aliphatic rings. The van der Waals surface area contributed by atoms with E-state index in [4.69, 9.17) is 34.3 Å². The Balaban J connectivity index is 1.03. The molecule has 1 aliphatic carbocycles. The monoisotopic (exact) mass is 1050 g/mol. The summed E-state index contributed by atoms with van der Waals surface area (Å²) in [6.45, 7) is 18.7. The summed E-state index contributed by atoms with van der Waals surface area (Å²) in [5.74, 6) is -0.611. The first-order chi connectivity index (χ1) is 38.1. The summed E-state index contributed by atoms with van der Waals surface area (Å²) >= 11 is 0. The van der Waals surface area contributed by atoms with Crippen molar-refractivity contribution in [2.24, 2.45) is 21.7 Å². The van der Waals surface area contributed by atoms with E-state index >= 15 is 0 Å². The molecule has 0 N–H and O–H groups in total. The molecular formula is C67H56N8O5. The van der Waals surface area contributed by atoms with Gasteiger partial charge in [0.2, 0.25) is 35.5 Å². The standard InChI is InChI=1S/C67H56N8O5/c1-63(2)48-27-19-17-26-45(48)52-47(56-69-53(38-23-15-12-16-24-38)70-62(73-56)75-59(78)66(7,8)67(9,10)60(75)79)34-41(35-49(52)63)42-31-29-39(33-46(42)37-21-13-11-14-22-37)54-68-55(40-30-32-44-43-25-18-20-28-50(43)80-51(44)36-40)72-61(71-54)74-57(76)64(3,4)65(5,6)58(74)77/h11-36H,1-10H3. The Hall–Kier alpha value is -9.36. The van der Waals surface area contributed by atoms with Crippen LogP contribution in [-0.4, -0.2) is 53.5 Å². The van der Waals surface area contributed by atoms with Gasteiger partial charge in [0.1, 0.15) is 11.2 Å². The fourth-order valence-electron chi connectivity index (χ4n) is 11.6. The molecule has 7 aromatic carbocycles. The van der Waals surface area contributed by atoms with E-state index in [2.05, 4.69) is 38.1 Å². The second kappa shape index (κ2) is 17.3. The van der Waals surface area contributed by atoms with E-state index in [-0.39, 0.29) is 23.5 Å². The van der Waals surface area contributed by atoms with Crippen LogP contribution in [0.25, 0.3) is 101 Å². The number of benzene rings is 7. The highest BCUT2D eigenvalue weighted by molar-refractivity contribution is 6.25. The summed E-state index contributed by atoms with van der Waals surface area (Å²) in [7, 11) is 0. The molecular weight excluding hydrogens is 997 g/mol. The Labute approximate surface area is 462 Å². The number of carbonyl (C=O) groups excluding carboxylic acids is 4. The van der Waals surface area contributed by atoms with E-state index in [0.29, 0.717) is 39.5 Å². The molecule has 2 fully saturated rings. The zero-order valence-electron chi connectivity index (χ0n) is 46.1. The smallest absolute Gasteiger partial charge is 0.243 e. The summed E-state index contributed by atoms with van der Waals surface area (Å²) in [6, 6.07) is 51.9. The average Bonchev–Trinajstić information content (AvgIpc) is 3.50. The van der Waals surface area contributed by atoms with Gasteiger partial charge in [-0.15, -0.1) is 0 Å². The molecule has 3 aromatic heterocycles. The lowest BCUT2D eigenvalue weighted by Crippen LogP contribution is -2.35. The summed E-state index contributed by atoms with van der Waals surface area (Å²) in [6.07, 6.45) is 0. The number of imide groups is 2. The van der Waals surface area contributed by atoms with Gasteiger partial charge in [0.15, 0.2) is 23.3 Å². The minimum Gasteiger partial charge on any atom is -0.456 e. The SMILES string of the molecule is CC1(C)c2ccccc2-c2c(-c3nc(-c4ccccc4)nc(N4C(=O)C(C)(C)C(C)(C)C4=O)n3)cc(-c3ccc(-c4nc(-c5ccc6c(c5)oc5ccccc56)nc(N5C(=O)C(C)(C)C(C)(C)C5=O)n4)cc3-c3ccccc3)cc21. The Morgan fingerprint density at radius 1 is 0.338 bits per heavy atom. The number of nitrogens with zero attached hydrogens (tertiary/aromatic N) is 8. The summed E-state index contributed by atoms with van der Waals surface area (Å²) in [4.78, 5) is 90.1. The van der Waals surface area contributed by atoms with Crippen LogP contribution >= 0.6 is 0 Å². The van der Waals surface area contributed by atoms with Crippen LogP contribution < -0.4 is 9.80 Å². The molecule has 10 aromatic rings. The van der Waals surface area contributed by atoms with Crippen molar-refractivity contribution < 1.29 is 23.6 Å².